The number of nitrogens with zero attached hydrogens (tertiary/aromatic N) is 5. The van der Waals surface area contributed by atoms with E-state index >= 15 is 0 Å². The summed E-state index contributed by atoms with van der Waals surface area (Å²) >= 11 is 0. The number of pyridine rings is 1. The number of aromatic nitrogens is 5. The Morgan fingerprint density at radius 3 is 2.39 bits per heavy atom. The number of rotatable bonds is 8. The van der Waals surface area contributed by atoms with E-state index in [1.165, 1.54) is 17.5 Å². The Balaban J connectivity index is 1.77. The molecule has 33 heavy (non-hydrogen) atoms. The number of benzene rings is 1. The third-order valence-electron chi connectivity index (χ3n) is 6.65. The molecule has 0 amide bonds. The maximum Gasteiger partial charge on any atom is 0.197 e. The Bertz CT molecular complexity index is 1230. The smallest absolute Gasteiger partial charge is 0.197 e. The zero-order valence-corrected chi connectivity index (χ0v) is 20.7. The summed E-state index contributed by atoms with van der Waals surface area (Å²) in [5, 5.41) is 12.3. The molecule has 4 rings (SSSR count). The second-order valence-corrected chi connectivity index (χ2v) is 9.15. The maximum atomic E-state index is 5.56. The molecule has 7 heteroatoms. The van der Waals surface area contributed by atoms with Crippen molar-refractivity contribution in [3.8, 4) is 28.3 Å². The third kappa shape index (κ3) is 4.02. The Kier molecular flexibility index (Phi) is 6.26. The molecule has 3 heterocycles. The molecule has 0 radical (unpaired) electrons. The predicted octanol–water partition coefficient (Wildman–Crippen LogP) is 5.50. The van der Waals surface area contributed by atoms with Gasteiger partial charge in [-0.1, -0.05) is 52.0 Å². The van der Waals surface area contributed by atoms with Crippen molar-refractivity contribution in [2.75, 3.05) is 20.2 Å². The molecule has 0 spiro atoms. The van der Waals surface area contributed by atoms with Gasteiger partial charge in [0.1, 0.15) is 6.33 Å². The van der Waals surface area contributed by atoms with E-state index in [-0.39, 0.29) is 11.5 Å². The van der Waals surface area contributed by atoms with Crippen LogP contribution in [0.3, 0.4) is 0 Å². The Hall–Kier alpha value is -3.19. The first kappa shape index (κ1) is 23.0. The van der Waals surface area contributed by atoms with Gasteiger partial charge in [0, 0.05) is 28.4 Å². The summed E-state index contributed by atoms with van der Waals surface area (Å²) < 4.78 is 7.30. The van der Waals surface area contributed by atoms with Crippen LogP contribution < -0.4 is 4.74 Å². The molecule has 7 nitrogen and oxygen atoms in total. The van der Waals surface area contributed by atoms with Crippen LogP contribution in [0.15, 0.2) is 42.9 Å². The monoisotopic (exact) mass is 446 g/mol. The lowest BCUT2D eigenvalue weighted by Gasteiger charge is -2.37. The largest absolute Gasteiger partial charge is 0.493 e. The molecule has 174 valence electrons. The molecule has 3 aromatic heterocycles. The molecule has 0 aliphatic heterocycles. The summed E-state index contributed by atoms with van der Waals surface area (Å²) in [6.45, 7) is 15.4. The van der Waals surface area contributed by atoms with Gasteiger partial charge in [-0.15, -0.1) is 0 Å². The molecule has 1 aromatic carbocycles. The molecular weight excluding hydrogens is 412 g/mol. The average molecular weight is 447 g/mol. The molecule has 1 N–H and O–H groups in total. The first-order valence-electron chi connectivity index (χ1n) is 11.6. The van der Waals surface area contributed by atoms with Gasteiger partial charge in [-0.2, -0.15) is 10.2 Å². The van der Waals surface area contributed by atoms with Crippen LogP contribution in [0.4, 0.5) is 0 Å². The fourth-order valence-corrected chi connectivity index (χ4v) is 4.77. The molecule has 0 unspecified atom stereocenters. The SMILES string of the molecule is CCN(CC)C(C)(C)c1ccc(-c2n[nH]c(-c3cc(OC)c4ncnn4c3)c2C(C)C)cc1. The quantitative estimate of drug-likeness (QED) is 0.387. The second kappa shape index (κ2) is 8.98. The van der Waals surface area contributed by atoms with Gasteiger partial charge in [0.15, 0.2) is 11.4 Å². The van der Waals surface area contributed by atoms with Crippen molar-refractivity contribution in [3.05, 3.63) is 54.0 Å². The Labute approximate surface area is 195 Å². The highest BCUT2D eigenvalue weighted by molar-refractivity contribution is 5.76. The summed E-state index contributed by atoms with van der Waals surface area (Å²) in [4.78, 5) is 6.76. The Morgan fingerprint density at radius 1 is 1.09 bits per heavy atom. The molecule has 0 saturated heterocycles. The zero-order valence-electron chi connectivity index (χ0n) is 20.7. The van der Waals surface area contributed by atoms with Gasteiger partial charge in [0.2, 0.25) is 0 Å². The van der Waals surface area contributed by atoms with Crippen LogP contribution in [0.1, 0.15) is 58.6 Å². The number of hydrogen-bond donors (Lipinski definition) is 1. The van der Waals surface area contributed by atoms with Crippen molar-refractivity contribution in [1.82, 2.24) is 29.7 Å². The number of ether oxygens (including phenoxy) is 1. The number of aromatic amines is 1. The summed E-state index contributed by atoms with van der Waals surface area (Å²) in [6.07, 6.45) is 3.49. The van der Waals surface area contributed by atoms with Gasteiger partial charge in [-0.3, -0.25) is 10.00 Å². The van der Waals surface area contributed by atoms with Gasteiger partial charge in [0.25, 0.3) is 0 Å². The van der Waals surface area contributed by atoms with Crippen molar-refractivity contribution in [1.29, 1.82) is 0 Å². The molecule has 0 aliphatic carbocycles. The molecule has 4 aromatic rings. The van der Waals surface area contributed by atoms with Crippen LogP contribution in [0.2, 0.25) is 0 Å². The van der Waals surface area contributed by atoms with Gasteiger partial charge in [-0.25, -0.2) is 9.50 Å². The van der Waals surface area contributed by atoms with Crippen molar-refractivity contribution < 1.29 is 4.74 Å². The minimum absolute atomic E-state index is 0.0244. The standard InChI is InChI=1S/C26H34N6O/c1-8-31(9-2)26(5,6)20-12-10-18(11-13-20)23-22(17(3)4)24(30-29-23)19-14-21(33-7)25-27-16-28-32(25)15-19/h10-17H,8-9H2,1-7H3,(H,29,30). The van der Waals surface area contributed by atoms with E-state index in [9.17, 15) is 0 Å². The number of nitrogens with one attached hydrogen (secondary N) is 1. The minimum atomic E-state index is -0.0244. The lowest BCUT2D eigenvalue weighted by atomic mass is 9.89. The fraction of sp³-hybridized carbons (Fsp3) is 0.423. The molecule has 0 bridgehead atoms. The second-order valence-electron chi connectivity index (χ2n) is 9.15. The molecule has 0 saturated carbocycles. The van der Waals surface area contributed by atoms with Crippen molar-refractivity contribution in [2.24, 2.45) is 0 Å². The van der Waals surface area contributed by atoms with Crippen molar-refractivity contribution >= 4 is 5.65 Å². The number of fused-ring (bicyclic) bond motifs is 1. The maximum absolute atomic E-state index is 5.56. The first-order valence-corrected chi connectivity index (χ1v) is 11.6. The van der Waals surface area contributed by atoms with E-state index in [0.717, 1.165) is 35.6 Å². The molecular formula is C26H34N6O. The van der Waals surface area contributed by atoms with Gasteiger partial charge in [-0.05, 0) is 44.5 Å². The lowest BCUT2D eigenvalue weighted by molar-refractivity contribution is 0.135. The average Bonchev–Trinajstić information content (AvgIpc) is 3.46. The Morgan fingerprint density at radius 2 is 1.79 bits per heavy atom. The number of hydrogen-bond acceptors (Lipinski definition) is 5. The van der Waals surface area contributed by atoms with Gasteiger partial charge in [0.05, 0.1) is 18.5 Å². The van der Waals surface area contributed by atoms with E-state index < -0.39 is 0 Å². The summed E-state index contributed by atoms with van der Waals surface area (Å²) in [5.74, 6) is 0.955. The molecule has 0 fully saturated rings. The first-order chi connectivity index (χ1) is 15.8. The van der Waals surface area contributed by atoms with Gasteiger partial charge < -0.3 is 4.74 Å². The topological polar surface area (TPSA) is 71.3 Å². The van der Waals surface area contributed by atoms with Crippen molar-refractivity contribution in [3.63, 3.8) is 0 Å². The molecule has 0 aliphatic rings. The predicted molar refractivity (Wildman–Crippen MR) is 133 cm³/mol. The van der Waals surface area contributed by atoms with Crippen LogP contribution in [-0.4, -0.2) is 49.9 Å². The van der Waals surface area contributed by atoms with E-state index in [0.29, 0.717) is 11.4 Å². The van der Waals surface area contributed by atoms with Crippen LogP contribution in [0.5, 0.6) is 5.75 Å². The fourth-order valence-electron chi connectivity index (χ4n) is 4.77. The van der Waals surface area contributed by atoms with E-state index in [2.05, 4.69) is 85.9 Å². The number of H-pyrrole nitrogens is 1. The number of methoxy groups -OCH3 is 1. The highest BCUT2D eigenvalue weighted by atomic mass is 16.5. The molecule has 0 atom stereocenters. The normalized spacial score (nSPS) is 12.3. The third-order valence-corrected chi connectivity index (χ3v) is 6.65. The summed E-state index contributed by atoms with van der Waals surface area (Å²) in [5.41, 5.74) is 7.17. The van der Waals surface area contributed by atoms with Crippen LogP contribution in [0, 0.1) is 0 Å². The van der Waals surface area contributed by atoms with Crippen molar-refractivity contribution in [2.45, 2.75) is 53.0 Å². The zero-order chi connectivity index (χ0) is 23.8. The van der Waals surface area contributed by atoms with E-state index in [1.54, 1.807) is 11.6 Å². The van der Waals surface area contributed by atoms with E-state index in [4.69, 9.17) is 9.84 Å². The van der Waals surface area contributed by atoms with Gasteiger partial charge >= 0.3 is 0 Å². The highest BCUT2D eigenvalue weighted by Gasteiger charge is 2.27. The minimum Gasteiger partial charge on any atom is -0.493 e. The summed E-state index contributed by atoms with van der Waals surface area (Å²) in [7, 11) is 1.65. The lowest BCUT2D eigenvalue weighted by Crippen LogP contribution is -2.41. The van der Waals surface area contributed by atoms with Crippen LogP contribution >= 0.6 is 0 Å². The van der Waals surface area contributed by atoms with E-state index in [1.807, 2.05) is 12.3 Å². The van der Waals surface area contributed by atoms with Crippen LogP contribution in [0.25, 0.3) is 28.2 Å². The summed E-state index contributed by atoms with van der Waals surface area (Å²) in [6, 6.07) is 10.8. The van der Waals surface area contributed by atoms with Crippen LogP contribution in [-0.2, 0) is 5.54 Å². The highest BCUT2D eigenvalue weighted by Crippen LogP contribution is 2.38.